The summed E-state index contributed by atoms with van der Waals surface area (Å²) in [6.07, 6.45) is 1.79. The zero-order chi connectivity index (χ0) is 22.3. The van der Waals surface area contributed by atoms with E-state index >= 15 is 0 Å². The SMILES string of the molecule is Cl.O=C(c1ccc(Nc2ccnc3ccccc23)cc1)c1ccc(N(CCCl)CCCl)cc1. The van der Waals surface area contributed by atoms with Crippen molar-refractivity contribution in [3.8, 4) is 0 Å². The van der Waals surface area contributed by atoms with Crippen LogP contribution in [-0.4, -0.2) is 35.6 Å². The van der Waals surface area contributed by atoms with E-state index in [1.54, 1.807) is 6.20 Å². The smallest absolute Gasteiger partial charge is 0.193 e. The molecule has 0 bridgehead atoms. The highest BCUT2D eigenvalue weighted by Gasteiger charge is 2.11. The Morgan fingerprint density at radius 2 is 1.42 bits per heavy atom. The van der Waals surface area contributed by atoms with Gasteiger partial charge in [-0.25, -0.2) is 0 Å². The second-order valence-electron chi connectivity index (χ2n) is 7.32. The minimum atomic E-state index is -0.0151. The van der Waals surface area contributed by atoms with Crippen LogP contribution in [0.2, 0.25) is 0 Å². The van der Waals surface area contributed by atoms with Crippen LogP contribution in [0.15, 0.2) is 85.1 Å². The van der Waals surface area contributed by atoms with Crippen molar-refractivity contribution < 1.29 is 4.79 Å². The predicted octanol–water partition coefficient (Wildman–Crippen LogP) is 6.92. The van der Waals surface area contributed by atoms with Crippen molar-refractivity contribution in [2.24, 2.45) is 0 Å². The summed E-state index contributed by atoms with van der Waals surface area (Å²) in [5.74, 6) is 1.03. The Balaban J connectivity index is 0.00000306. The van der Waals surface area contributed by atoms with Gasteiger partial charge in [-0.3, -0.25) is 9.78 Å². The maximum absolute atomic E-state index is 12.9. The average Bonchev–Trinajstić information content (AvgIpc) is 2.84. The van der Waals surface area contributed by atoms with E-state index in [4.69, 9.17) is 23.2 Å². The Hall–Kier alpha value is -2.79. The van der Waals surface area contributed by atoms with E-state index < -0.39 is 0 Å². The quantitative estimate of drug-likeness (QED) is 0.200. The van der Waals surface area contributed by atoms with Crippen molar-refractivity contribution in [2.75, 3.05) is 35.1 Å². The molecular formula is C26H24Cl3N3O. The number of ketones is 1. The molecule has 0 radical (unpaired) electrons. The first-order valence-corrected chi connectivity index (χ1v) is 11.5. The normalized spacial score (nSPS) is 10.5. The second kappa shape index (κ2) is 11.9. The fraction of sp³-hybridized carbons (Fsp3) is 0.154. The Bertz CT molecular complexity index is 1190. The minimum absolute atomic E-state index is 0. The average molecular weight is 501 g/mol. The van der Waals surface area contributed by atoms with E-state index in [2.05, 4.69) is 15.2 Å². The van der Waals surface area contributed by atoms with E-state index in [1.807, 2.05) is 78.9 Å². The van der Waals surface area contributed by atoms with Crippen molar-refractivity contribution in [2.45, 2.75) is 0 Å². The van der Waals surface area contributed by atoms with E-state index in [1.165, 1.54) is 0 Å². The van der Waals surface area contributed by atoms with Crippen LogP contribution in [0.1, 0.15) is 15.9 Å². The van der Waals surface area contributed by atoms with Gasteiger partial charge >= 0.3 is 0 Å². The summed E-state index contributed by atoms with van der Waals surface area (Å²) in [6, 6.07) is 25.0. The number of fused-ring (bicyclic) bond motifs is 1. The number of halogens is 3. The topological polar surface area (TPSA) is 45.2 Å². The molecule has 1 N–H and O–H groups in total. The Labute approximate surface area is 210 Å². The molecule has 0 amide bonds. The number of carbonyl (C=O) groups excluding carboxylic acids is 1. The van der Waals surface area contributed by atoms with Gasteiger partial charge in [-0.1, -0.05) is 18.2 Å². The molecular weight excluding hydrogens is 477 g/mol. The van der Waals surface area contributed by atoms with Crippen LogP contribution >= 0.6 is 35.6 Å². The first-order chi connectivity index (χ1) is 15.7. The molecule has 0 aliphatic rings. The number of pyridine rings is 1. The molecule has 0 saturated heterocycles. The largest absolute Gasteiger partial charge is 0.369 e. The molecule has 33 heavy (non-hydrogen) atoms. The number of hydrogen-bond donors (Lipinski definition) is 1. The van der Waals surface area contributed by atoms with Crippen LogP contribution in [-0.2, 0) is 0 Å². The first-order valence-electron chi connectivity index (χ1n) is 10.4. The van der Waals surface area contributed by atoms with Crippen LogP contribution in [0.25, 0.3) is 10.9 Å². The predicted molar refractivity (Wildman–Crippen MR) is 142 cm³/mol. The molecule has 0 atom stereocenters. The number of benzene rings is 3. The highest BCUT2D eigenvalue weighted by Crippen LogP contribution is 2.25. The Morgan fingerprint density at radius 1 is 0.818 bits per heavy atom. The van der Waals surface area contributed by atoms with Gasteiger partial charge in [0.05, 0.1) is 5.52 Å². The molecule has 0 aliphatic heterocycles. The van der Waals surface area contributed by atoms with E-state index in [-0.39, 0.29) is 18.2 Å². The number of aromatic nitrogens is 1. The van der Waals surface area contributed by atoms with Gasteiger partial charge in [0.15, 0.2) is 5.78 Å². The van der Waals surface area contributed by atoms with Gasteiger partial charge in [-0.05, 0) is 60.7 Å². The molecule has 1 heterocycles. The molecule has 4 aromatic rings. The van der Waals surface area contributed by atoms with Gasteiger partial charge in [0.25, 0.3) is 0 Å². The number of hydrogen-bond acceptors (Lipinski definition) is 4. The number of para-hydroxylation sites is 1. The summed E-state index contributed by atoms with van der Waals surface area (Å²) in [5, 5.41) is 4.47. The molecule has 3 aromatic carbocycles. The standard InChI is InChI=1S/C26H23Cl2N3O.ClH/c27-14-17-31(18-15-28)22-11-7-20(8-12-22)26(32)19-5-9-21(10-6-19)30-25-13-16-29-24-4-2-1-3-23(24)25;/h1-13,16H,14-15,17-18H2,(H,29,30);1H. The zero-order valence-corrected chi connectivity index (χ0v) is 20.2. The summed E-state index contributed by atoms with van der Waals surface area (Å²) in [4.78, 5) is 19.4. The monoisotopic (exact) mass is 499 g/mol. The van der Waals surface area contributed by atoms with E-state index in [0.29, 0.717) is 36.0 Å². The molecule has 0 saturated carbocycles. The lowest BCUT2D eigenvalue weighted by Crippen LogP contribution is -2.27. The lowest BCUT2D eigenvalue weighted by atomic mass is 10.0. The van der Waals surface area contributed by atoms with Crippen LogP contribution in [0, 0.1) is 0 Å². The minimum Gasteiger partial charge on any atom is -0.369 e. The van der Waals surface area contributed by atoms with Crippen molar-refractivity contribution in [3.05, 3.63) is 96.2 Å². The molecule has 170 valence electrons. The van der Waals surface area contributed by atoms with Crippen molar-refractivity contribution in [1.82, 2.24) is 4.98 Å². The summed E-state index contributed by atoms with van der Waals surface area (Å²) < 4.78 is 0. The molecule has 1 aromatic heterocycles. The lowest BCUT2D eigenvalue weighted by Gasteiger charge is -2.22. The Kier molecular flexibility index (Phi) is 8.95. The van der Waals surface area contributed by atoms with Crippen LogP contribution < -0.4 is 10.2 Å². The summed E-state index contributed by atoms with van der Waals surface area (Å²) >= 11 is 11.8. The second-order valence-corrected chi connectivity index (χ2v) is 8.07. The fourth-order valence-electron chi connectivity index (χ4n) is 3.63. The van der Waals surface area contributed by atoms with Gasteiger partial charge in [0, 0.05) is 64.6 Å². The van der Waals surface area contributed by atoms with Crippen molar-refractivity contribution in [1.29, 1.82) is 0 Å². The van der Waals surface area contributed by atoms with Gasteiger partial charge in [-0.15, -0.1) is 35.6 Å². The molecule has 0 spiro atoms. The number of rotatable bonds is 9. The molecule has 4 nitrogen and oxygen atoms in total. The third kappa shape index (κ3) is 5.97. The van der Waals surface area contributed by atoms with E-state index in [0.717, 1.165) is 28.0 Å². The summed E-state index contributed by atoms with van der Waals surface area (Å²) in [6.45, 7) is 1.42. The number of carbonyl (C=O) groups is 1. The van der Waals surface area contributed by atoms with Crippen LogP contribution in [0.4, 0.5) is 17.1 Å². The molecule has 4 rings (SSSR count). The zero-order valence-electron chi connectivity index (χ0n) is 17.9. The molecule has 7 heteroatoms. The van der Waals surface area contributed by atoms with Gasteiger partial charge in [0.1, 0.15) is 0 Å². The fourth-order valence-corrected chi connectivity index (χ4v) is 4.04. The number of alkyl halides is 2. The van der Waals surface area contributed by atoms with Gasteiger partial charge in [-0.2, -0.15) is 0 Å². The maximum Gasteiger partial charge on any atom is 0.193 e. The van der Waals surface area contributed by atoms with E-state index in [9.17, 15) is 4.79 Å². The number of anilines is 3. The van der Waals surface area contributed by atoms with Gasteiger partial charge < -0.3 is 10.2 Å². The highest BCUT2D eigenvalue weighted by molar-refractivity contribution is 6.18. The number of nitrogens with zero attached hydrogens (tertiary/aromatic N) is 2. The van der Waals surface area contributed by atoms with Crippen LogP contribution in [0.3, 0.4) is 0 Å². The molecule has 0 unspecified atom stereocenters. The maximum atomic E-state index is 12.9. The first kappa shape index (κ1) is 24.8. The highest BCUT2D eigenvalue weighted by atomic mass is 35.5. The van der Waals surface area contributed by atoms with Crippen LogP contribution in [0.5, 0.6) is 0 Å². The Morgan fingerprint density at radius 3 is 2.06 bits per heavy atom. The van der Waals surface area contributed by atoms with Crippen molar-refractivity contribution in [3.63, 3.8) is 0 Å². The summed E-state index contributed by atoms with van der Waals surface area (Å²) in [5.41, 5.74) is 5.11. The lowest BCUT2D eigenvalue weighted by molar-refractivity contribution is 0.103. The van der Waals surface area contributed by atoms with Crippen molar-refractivity contribution >= 4 is 69.4 Å². The summed E-state index contributed by atoms with van der Waals surface area (Å²) in [7, 11) is 0. The third-order valence-corrected chi connectivity index (χ3v) is 5.62. The third-order valence-electron chi connectivity index (χ3n) is 5.28. The molecule has 0 aliphatic carbocycles. The molecule has 0 fully saturated rings. The number of nitrogens with one attached hydrogen (secondary N) is 1. The van der Waals surface area contributed by atoms with Gasteiger partial charge in [0.2, 0.25) is 0 Å².